The molecule has 1 N–H and O–H groups in total. The van der Waals surface area contributed by atoms with E-state index in [4.69, 9.17) is 4.74 Å². The number of carbonyl (C=O) groups excluding carboxylic acids is 1. The number of carbonyl (C=O) groups is 1. The van der Waals surface area contributed by atoms with Crippen molar-refractivity contribution in [1.29, 1.82) is 0 Å². The molecule has 0 atom stereocenters. The van der Waals surface area contributed by atoms with Gasteiger partial charge < -0.3 is 9.84 Å². The summed E-state index contributed by atoms with van der Waals surface area (Å²) in [6.45, 7) is 4.91. The van der Waals surface area contributed by atoms with Crippen LogP contribution in [0.1, 0.15) is 36.7 Å². The highest BCUT2D eigenvalue weighted by Crippen LogP contribution is 2.30. The van der Waals surface area contributed by atoms with Crippen molar-refractivity contribution in [3.63, 3.8) is 0 Å². The predicted molar refractivity (Wildman–Crippen MR) is 113 cm³/mol. The highest BCUT2D eigenvalue weighted by molar-refractivity contribution is 7.92. The van der Waals surface area contributed by atoms with Gasteiger partial charge in [-0.2, -0.15) is 13.2 Å². The average molecular weight is 499 g/mol. The molecule has 0 amide bonds. The summed E-state index contributed by atoms with van der Waals surface area (Å²) in [5.74, 6) is -1.21. The molecule has 1 aromatic carbocycles. The van der Waals surface area contributed by atoms with Crippen molar-refractivity contribution in [1.82, 2.24) is 14.1 Å². The van der Waals surface area contributed by atoms with Crippen molar-refractivity contribution in [2.45, 2.75) is 43.3 Å². The number of ether oxygens (including phenoxy) is 1. The van der Waals surface area contributed by atoms with E-state index in [2.05, 4.69) is 4.98 Å². The molecule has 34 heavy (non-hydrogen) atoms. The summed E-state index contributed by atoms with van der Waals surface area (Å²) >= 11 is 0. The maximum atomic E-state index is 12.9. The van der Waals surface area contributed by atoms with E-state index in [-0.39, 0.29) is 17.8 Å². The SMILES string of the molecule is CC(C)(C)OC(=O)c1cnccc1Cn1cc(O)n(-c2ccc(S(=O)(=O)C(F)(F)F)cc2)c1=O. The van der Waals surface area contributed by atoms with Gasteiger partial charge in [0, 0.05) is 12.4 Å². The first-order chi connectivity index (χ1) is 15.6. The Morgan fingerprint density at radius 3 is 2.29 bits per heavy atom. The molecule has 0 fully saturated rings. The molecule has 0 aliphatic carbocycles. The van der Waals surface area contributed by atoms with Crippen molar-refractivity contribution in [2.75, 3.05) is 0 Å². The summed E-state index contributed by atoms with van der Waals surface area (Å²) in [6, 6.07) is 4.79. The third-order valence-corrected chi connectivity index (χ3v) is 6.02. The molecule has 0 aliphatic rings. The minimum atomic E-state index is -5.56. The molecule has 0 radical (unpaired) electrons. The molecule has 0 saturated carbocycles. The Bertz CT molecular complexity index is 1380. The molecule has 3 rings (SSSR count). The fourth-order valence-corrected chi connectivity index (χ4v) is 3.77. The number of nitrogens with zero attached hydrogens (tertiary/aromatic N) is 3. The van der Waals surface area contributed by atoms with Gasteiger partial charge >= 0.3 is 17.2 Å². The molecule has 0 bridgehead atoms. The fraction of sp³-hybridized carbons (Fsp3) is 0.286. The third kappa shape index (κ3) is 4.98. The van der Waals surface area contributed by atoms with Crippen LogP contribution in [-0.2, 0) is 21.1 Å². The van der Waals surface area contributed by atoms with Crippen LogP contribution in [0.2, 0.25) is 0 Å². The minimum absolute atomic E-state index is 0.0653. The lowest BCUT2D eigenvalue weighted by molar-refractivity contribution is -0.0436. The average Bonchev–Trinajstić information content (AvgIpc) is 2.99. The largest absolute Gasteiger partial charge is 0.501 e. The van der Waals surface area contributed by atoms with Crippen LogP contribution in [0.15, 0.2) is 58.6 Å². The molecule has 0 saturated heterocycles. The zero-order chi connectivity index (χ0) is 25.5. The Kier molecular flexibility index (Phi) is 6.35. The molecular weight excluding hydrogens is 479 g/mol. The Hall–Kier alpha value is -3.61. The first kappa shape index (κ1) is 25.0. The quantitative estimate of drug-likeness (QED) is 0.536. The molecular formula is C21H20F3N3O6S. The van der Waals surface area contributed by atoms with Gasteiger partial charge in [0.1, 0.15) is 5.60 Å². The lowest BCUT2D eigenvalue weighted by Crippen LogP contribution is -2.27. The van der Waals surface area contributed by atoms with E-state index in [1.807, 2.05) is 0 Å². The molecule has 9 nitrogen and oxygen atoms in total. The number of imidazole rings is 1. The normalized spacial score (nSPS) is 12.5. The summed E-state index contributed by atoms with van der Waals surface area (Å²) in [5.41, 5.74) is -6.62. The van der Waals surface area contributed by atoms with E-state index in [1.165, 1.54) is 18.5 Å². The monoisotopic (exact) mass is 499 g/mol. The van der Waals surface area contributed by atoms with E-state index < -0.39 is 43.4 Å². The van der Waals surface area contributed by atoms with Crippen LogP contribution >= 0.6 is 0 Å². The molecule has 3 aromatic rings. The van der Waals surface area contributed by atoms with Crippen molar-refractivity contribution < 1.29 is 36.2 Å². The predicted octanol–water partition coefficient (Wildman–Crippen LogP) is 3.04. The molecule has 2 heterocycles. The van der Waals surface area contributed by atoms with E-state index in [1.54, 1.807) is 20.8 Å². The van der Waals surface area contributed by atoms with Crippen molar-refractivity contribution >= 4 is 15.8 Å². The van der Waals surface area contributed by atoms with Crippen LogP contribution in [0.25, 0.3) is 5.69 Å². The van der Waals surface area contributed by atoms with E-state index >= 15 is 0 Å². The number of alkyl halides is 3. The maximum Gasteiger partial charge on any atom is 0.501 e. The van der Waals surface area contributed by atoms with Crippen LogP contribution in [0, 0.1) is 0 Å². The number of hydrogen-bond donors (Lipinski definition) is 1. The number of aromatic hydroxyl groups is 1. The van der Waals surface area contributed by atoms with Gasteiger partial charge in [-0.3, -0.25) is 9.55 Å². The summed E-state index contributed by atoms with van der Waals surface area (Å²) in [4.78, 5) is 28.3. The highest BCUT2D eigenvalue weighted by atomic mass is 32.2. The molecule has 0 unspecified atom stereocenters. The zero-order valence-corrected chi connectivity index (χ0v) is 19.0. The molecule has 2 aromatic heterocycles. The van der Waals surface area contributed by atoms with Crippen molar-refractivity contribution in [2.24, 2.45) is 0 Å². The third-order valence-electron chi connectivity index (χ3n) is 4.52. The lowest BCUT2D eigenvalue weighted by Gasteiger charge is -2.20. The second-order valence-electron chi connectivity index (χ2n) is 8.21. The number of sulfone groups is 1. The lowest BCUT2D eigenvalue weighted by atomic mass is 10.1. The van der Waals surface area contributed by atoms with Gasteiger partial charge in [0.15, 0.2) is 0 Å². The van der Waals surface area contributed by atoms with Crippen LogP contribution in [0.5, 0.6) is 5.88 Å². The van der Waals surface area contributed by atoms with Gasteiger partial charge in [-0.25, -0.2) is 22.6 Å². The highest BCUT2D eigenvalue weighted by Gasteiger charge is 2.46. The summed E-state index contributed by atoms with van der Waals surface area (Å²) < 4.78 is 68.5. The Morgan fingerprint density at radius 2 is 1.74 bits per heavy atom. The smallest absolute Gasteiger partial charge is 0.493 e. The van der Waals surface area contributed by atoms with Gasteiger partial charge in [-0.05, 0) is 56.7 Å². The Morgan fingerprint density at radius 1 is 1.12 bits per heavy atom. The van der Waals surface area contributed by atoms with Crippen LogP contribution in [0.4, 0.5) is 13.2 Å². The van der Waals surface area contributed by atoms with Gasteiger partial charge in [0.25, 0.3) is 9.84 Å². The summed E-state index contributed by atoms with van der Waals surface area (Å²) in [6.07, 6.45) is 3.76. The molecule has 182 valence electrons. The first-order valence-corrected chi connectivity index (χ1v) is 11.2. The number of esters is 1. The molecule has 13 heteroatoms. The standard InChI is InChI=1S/C21H20F3N3O6S/c1-20(2,3)33-18(29)16-10-25-9-8-13(16)11-26-12-17(28)27(19(26)30)14-4-6-15(7-5-14)34(31,32)21(22,23)24/h4-10,12,28H,11H2,1-3H3. The second-order valence-corrected chi connectivity index (χ2v) is 10.2. The first-order valence-electron chi connectivity index (χ1n) is 9.71. The summed E-state index contributed by atoms with van der Waals surface area (Å²) in [7, 11) is -5.56. The van der Waals surface area contributed by atoms with Gasteiger partial charge in [0.05, 0.1) is 28.9 Å². The Labute approximate surface area is 192 Å². The van der Waals surface area contributed by atoms with Gasteiger partial charge in [-0.1, -0.05) is 0 Å². The van der Waals surface area contributed by atoms with E-state index in [9.17, 15) is 36.3 Å². The minimum Gasteiger partial charge on any atom is -0.493 e. The summed E-state index contributed by atoms with van der Waals surface area (Å²) in [5, 5.41) is 10.3. The van der Waals surface area contributed by atoms with Crippen LogP contribution < -0.4 is 5.69 Å². The molecule has 0 aliphatic heterocycles. The number of pyridine rings is 1. The number of aromatic nitrogens is 3. The van der Waals surface area contributed by atoms with Gasteiger partial charge in [0.2, 0.25) is 5.88 Å². The maximum absolute atomic E-state index is 12.9. The van der Waals surface area contributed by atoms with Crippen LogP contribution in [-0.4, -0.2) is 44.7 Å². The Balaban J connectivity index is 1.96. The topological polar surface area (TPSA) is 120 Å². The van der Waals surface area contributed by atoms with Gasteiger partial charge in [-0.15, -0.1) is 0 Å². The number of rotatable bonds is 5. The second kappa shape index (κ2) is 8.63. The van der Waals surface area contributed by atoms with Crippen molar-refractivity contribution in [3.8, 4) is 11.6 Å². The fourth-order valence-electron chi connectivity index (χ4n) is 3.00. The number of hydrogen-bond acceptors (Lipinski definition) is 7. The molecule has 0 spiro atoms. The van der Waals surface area contributed by atoms with E-state index in [0.717, 1.165) is 27.5 Å². The number of halogens is 3. The number of benzene rings is 1. The van der Waals surface area contributed by atoms with Crippen LogP contribution in [0.3, 0.4) is 0 Å². The zero-order valence-electron chi connectivity index (χ0n) is 18.2. The van der Waals surface area contributed by atoms with E-state index in [0.29, 0.717) is 17.7 Å². The van der Waals surface area contributed by atoms with Crippen molar-refractivity contribution in [3.05, 3.63) is 70.5 Å².